The quantitative estimate of drug-likeness (QED) is 0.373. The topological polar surface area (TPSA) is 82.3 Å². The minimum Gasteiger partial charge on any atom is -0.219 e. The number of hydrogen-bond acceptors (Lipinski definition) is 7. The molecule has 0 radical (unpaired) electrons. The van der Waals surface area contributed by atoms with Crippen LogP contribution in [0.5, 0.6) is 0 Å². The Morgan fingerprint density at radius 2 is 1.26 bits per heavy atom. The van der Waals surface area contributed by atoms with Gasteiger partial charge in [-0.3, -0.25) is 0 Å². The predicted octanol–water partition coefficient (Wildman–Crippen LogP) is 4.47. The van der Waals surface area contributed by atoms with Crippen LogP contribution in [-0.2, 0) is 5.75 Å². The number of para-hydroxylation sites is 1. The van der Waals surface area contributed by atoms with Gasteiger partial charge in [-0.15, -0.1) is 15.3 Å². The third-order valence-corrected chi connectivity index (χ3v) is 5.46. The summed E-state index contributed by atoms with van der Waals surface area (Å²) in [6.07, 6.45) is 0. The van der Waals surface area contributed by atoms with Gasteiger partial charge in [0.05, 0.1) is 11.4 Å². The standard InChI is InChI=1S/C23H17N7S/c1-4-10-17(11-5-1)21-22(18-12-6-2-7-13-18)26-27-23(24-21)31-16-20-25-28-29-30(20)19-14-8-3-9-15-19/h1-15H,16H2. The third kappa shape index (κ3) is 4.19. The number of benzene rings is 3. The minimum absolute atomic E-state index is 0.516. The van der Waals surface area contributed by atoms with Crippen molar-refractivity contribution >= 4 is 11.8 Å². The SMILES string of the molecule is c1ccc(-c2nnc(SCc3nnnn3-c3ccccc3)nc2-c2ccccc2)cc1. The van der Waals surface area contributed by atoms with E-state index in [0.717, 1.165) is 28.2 Å². The van der Waals surface area contributed by atoms with Crippen molar-refractivity contribution in [3.05, 3.63) is 96.8 Å². The molecule has 0 atom stereocenters. The van der Waals surface area contributed by atoms with Crippen molar-refractivity contribution in [2.75, 3.05) is 0 Å². The van der Waals surface area contributed by atoms with E-state index in [1.54, 1.807) is 4.68 Å². The van der Waals surface area contributed by atoms with Crippen LogP contribution in [0.25, 0.3) is 28.2 Å². The van der Waals surface area contributed by atoms with Gasteiger partial charge in [0.25, 0.3) is 0 Å². The molecule has 2 aromatic heterocycles. The zero-order valence-corrected chi connectivity index (χ0v) is 17.2. The molecule has 2 heterocycles. The Balaban J connectivity index is 1.46. The fraction of sp³-hybridized carbons (Fsp3) is 0.0435. The van der Waals surface area contributed by atoms with Crippen molar-refractivity contribution in [2.24, 2.45) is 0 Å². The fourth-order valence-corrected chi connectivity index (χ4v) is 3.85. The lowest BCUT2D eigenvalue weighted by Crippen LogP contribution is -2.03. The highest BCUT2D eigenvalue weighted by Gasteiger charge is 2.15. The maximum atomic E-state index is 4.83. The second-order valence-electron chi connectivity index (χ2n) is 6.65. The van der Waals surface area contributed by atoms with Crippen LogP contribution in [0, 0.1) is 0 Å². The van der Waals surface area contributed by atoms with Crippen LogP contribution >= 0.6 is 11.8 Å². The molecule has 0 N–H and O–H groups in total. The molecule has 7 nitrogen and oxygen atoms in total. The van der Waals surface area contributed by atoms with Crippen molar-refractivity contribution in [1.29, 1.82) is 0 Å². The number of hydrogen-bond donors (Lipinski definition) is 0. The van der Waals surface area contributed by atoms with Crippen molar-refractivity contribution in [3.8, 4) is 28.2 Å². The molecule has 0 aliphatic carbocycles. The van der Waals surface area contributed by atoms with E-state index in [9.17, 15) is 0 Å². The van der Waals surface area contributed by atoms with Crippen molar-refractivity contribution in [3.63, 3.8) is 0 Å². The Bertz CT molecular complexity index is 1280. The van der Waals surface area contributed by atoms with Gasteiger partial charge < -0.3 is 0 Å². The molecule has 150 valence electrons. The van der Waals surface area contributed by atoms with Crippen molar-refractivity contribution in [1.82, 2.24) is 35.4 Å². The molecule has 0 bridgehead atoms. The fourth-order valence-electron chi connectivity index (χ4n) is 3.15. The van der Waals surface area contributed by atoms with Crippen molar-refractivity contribution in [2.45, 2.75) is 10.9 Å². The van der Waals surface area contributed by atoms with Gasteiger partial charge >= 0.3 is 0 Å². The number of aromatic nitrogens is 7. The van der Waals surface area contributed by atoms with E-state index in [1.165, 1.54) is 11.8 Å². The van der Waals surface area contributed by atoms with Crippen LogP contribution in [0.1, 0.15) is 5.82 Å². The number of rotatable bonds is 6. The molecule has 0 fully saturated rings. The first kappa shape index (κ1) is 19.1. The maximum Gasteiger partial charge on any atom is 0.210 e. The van der Waals surface area contributed by atoms with E-state index in [2.05, 4.69) is 25.7 Å². The Morgan fingerprint density at radius 3 is 1.94 bits per heavy atom. The number of thioether (sulfide) groups is 1. The third-order valence-electron chi connectivity index (χ3n) is 4.63. The largest absolute Gasteiger partial charge is 0.219 e. The molecular weight excluding hydrogens is 406 g/mol. The first-order valence-corrected chi connectivity index (χ1v) is 10.7. The first-order chi connectivity index (χ1) is 15.4. The van der Waals surface area contributed by atoms with Gasteiger partial charge in [-0.1, -0.05) is 90.6 Å². The Morgan fingerprint density at radius 1 is 0.645 bits per heavy atom. The van der Waals surface area contributed by atoms with Crippen LogP contribution in [0.4, 0.5) is 0 Å². The lowest BCUT2D eigenvalue weighted by atomic mass is 10.0. The van der Waals surface area contributed by atoms with Gasteiger partial charge in [-0.25, -0.2) is 4.98 Å². The van der Waals surface area contributed by atoms with E-state index in [0.29, 0.717) is 16.7 Å². The summed E-state index contributed by atoms with van der Waals surface area (Å²) in [5.74, 6) is 1.23. The zero-order valence-electron chi connectivity index (χ0n) is 16.4. The van der Waals surface area contributed by atoms with Gasteiger partial charge in [-0.2, -0.15) is 4.68 Å². The van der Waals surface area contributed by atoms with Crippen molar-refractivity contribution < 1.29 is 0 Å². The molecular formula is C23H17N7S. The minimum atomic E-state index is 0.516. The molecule has 31 heavy (non-hydrogen) atoms. The average molecular weight is 424 g/mol. The summed E-state index contributed by atoms with van der Waals surface area (Å²) in [6, 6.07) is 29.8. The average Bonchev–Trinajstić information content (AvgIpc) is 3.33. The highest BCUT2D eigenvalue weighted by Crippen LogP contribution is 2.30. The van der Waals surface area contributed by atoms with E-state index < -0.39 is 0 Å². The molecule has 0 aliphatic rings. The zero-order chi connectivity index (χ0) is 20.9. The van der Waals surface area contributed by atoms with Crippen LogP contribution in [0.2, 0.25) is 0 Å². The lowest BCUT2D eigenvalue weighted by molar-refractivity contribution is 0.777. The first-order valence-electron chi connectivity index (χ1n) is 9.69. The van der Waals surface area contributed by atoms with E-state index >= 15 is 0 Å². The summed E-state index contributed by atoms with van der Waals surface area (Å²) in [5.41, 5.74) is 4.43. The second kappa shape index (κ2) is 8.85. The summed E-state index contributed by atoms with van der Waals surface area (Å²) in [5, 5.41) is 21.5. The number of tetrazole rings is 1. The van der Waals surface area contributed by atoms with Gasteiger partial charge in [0.2, 0.25) is 5.16 Å². The molecule has 5 rings (SSSR count). The van der Waals surface area contributed by atoms with E-state index in [4.69, 9.17) is 4.98 Å². The van der Waals surface area contributed by atoms with E-state index in [1.807, 2.05) is 91.0 Å². The van der Waals surface area contributed by atoms with Crippen LogP contribution in [0.3, 0.4) is 0 Å². The molecule has 0 aliphatic heterocycles. The van der Waals surface area contributed by atoms with Crippen LogP contribution in [0.15, 0.2) is 96.2 Å². The normalized spacial score (nSPS) is 10.8. The van der Waals surface area contributed by atoms with Gasteiger partial charge in [-0.05, 0) is 22.6 Å². The summed E-state index contributed by atoms with van der Waals surface area (Å²) in [6.45, 7) is 0. The summed E-state index contributed by atoms with van der Waals surface area (Å²) < 4.78 is 1.72. The lowest BCUT2D eigenvalue weighted by Gasteiger charge is -2.09. The molecule has 8 heteroatoms. The summed E-state index contributed by atoms with van der Waals surface area (Å²) in [7, 11) is 0. The molecule has 0 spiro atoms. The monoisotopic (exact) mass is 423 g/mol. The maximum absolute atomic E-state index is 4.83. The summed E-state index contributed by atoms with van der Waals surface area (Å²) >= 11 is 1.45. The Hall–Kier alpha value is -3.91. The van der Waals surface area contributed by atoms with Gasteiger partial charge in [0.1, 0.15) is 11.4 Å². The molecule has 0 unspecified atom stereocenters. The van der Waals surface area contributed by atoms with Crippen LogP contribution < -0.4 is 0 Å². The van der Waals surface area contributed by atoms with E-state index in [-0.39, 0.29) is 0 Å². The number of nitrogens with zero attached hydrogens (tertiary/aromatic N) is 7. The van der Waals surface area contributed by atoms with Gasteiger partial charge in [0.15, 0.2) is 5.82 Å². The Labute approximate surface area is 183 Å². The summed E-state index contributed by atoms with van der Waals surface area (Å²) in [4.78, 5) is 4.83. The smallest absolute Gasteiger partial charge is 0.210 e. The molecule has 0 amide bonds. The highest BCUT2D eigenvalue weighted by atomic mass is 32.2. The molecule has 5 aromatic rings. The molecule has 3 aromatic carbocycles. The highest BCUT2D eigenvalue weighted by molar-refractivity contribution is 7.98. The van der Waals surface area contributed by atoms with Crippen LogP contribution in [-0.4, -0.2) is 35.4 Å². The second-order valence-corrected chi connectivity index (χ2v) is 7.60. The Kier molecular flexibility index (Phi) is 5.44. The predicted molar refractivity (Wildman–Crippen MR) is 119 cm³/mol. The molecule has 0 saturated carbocycles. The van der Waals surface area contributed by atoms with Gasteiger partial charge in [0, 0.05) is 11.1 Å². The molecule has 0 saturated heterocycles.